The molecule has 1 N–H and O–H groups in total. The van der Waals surface area contributed by atoms with Crippen molar-refractivity contribution < 1.29 is 0 Å². The summed E-state index contributed by atoms with van der Waals surface area (Å²) in [6.45, 7) is 0. The molecule has 1 heteroatoms. The van der Waals surface area contributed by atoms with E-state index < -0.39 is 0 Å². The number of aromatic amines is 1. The minimum Gasteiger partial charge on any atom is -0.353 e. The first-order valence-electron chi connectivity index (χ1n) is 10.1. The minimum atomic E-state index is 1.23. The van der Waals surface area contributed by atoms with E-state index in [-0.39, 0.29) is 0 Å². The van der Waals surface area contributed by atoms with E-state index in [4.69, 9.17) is 0 Å². The molecule has 0 amide bonds. The van der Waals surface area contributed by atoms with E-state index in [1.54, 1.807) is 0 Å². The van der Waals surface area contributed by atoms with Crippen LogP contribution in [-0.2, 0) is 0 Å². The highest BCUT2D eigenvalue weighted by molar-refractivity contribution is 6.39. The Hall–Kier alpha value is -3.84. The topological polar surface area (TPSA) is 15.8 Å². The zero-order chi connectivity index (χ0) is 18.9. The predicted octanol–water partition coefficient (Wildman–Crippen LogP) is 7.93. The zero-order valence-electron chi connectivity index (χ0n) is 15.7. The van der Waals surface area contributed by atoms with Gasteiger partial charge in [-0.15, -0.1) is 0 Å². The average Bonchev–Trinajstić information content (AvgIpc) is 3.21. The van der Waals surface area contributed by atoms with E-state index in [1.165, 1.54) is 64.9 Å². The summed E-state index contributed by atoms with van der Waals surface area (Å²) < 4.78 is 0. The van der Waals surface area contributed by atoms with Gasteiger partial charge >= 0.3 is 0 Å². The molecule has 0 unspecified atom stereocenters. The van der Waals surface area contributed by atoms with Gasteiger partial charge in [-0.25, -0.2) is 0 Å². The summed E-state index contributed by atoms with van der Waals surface area (Å²) in [4.78, 5) is 3.85. The summed E-state index contributed by atoms with van der Waals surface area (Å²) in [5.74, 6) is 0. The van der Waals surface area contributed by atoms with Gasteiger partial charge in [0.05, 0.1) is 11.0 Å². The molecular formula is C28H17N. The van der Waals surface area contributed by atoms with Crippen LogP contribution in [0.1, 0.15) is 0 Å². The van der Waals surface area contributed by atoms with Gasteiger partial charge in [-0.3, -0.25) is 0 Å². The van der Waals surface area contributed by atoms with Crippen LogP contribution in [0.5, 0.6) is 0 Å². The number of H-pyrrole nitrogens is 1. The summed E-state index contributed by atoms with van der Waals surface area (Å²) in [5, 5.41) is 13.1. The molecule has 0 saturated heterocycles. The molecule has 7 aromatic rings. The van der Waals surface area contributed by atoms with Crippen LogP contribution in [0.2, 0.25) is 0 Å². The lowest BCUT2D eigenvalue weighted by molar-refractivity contribution is 1.59. The molecule has 0 radical (unpaired) electrons. The van der Waals surface area contributed by atoms with Crippen molar-refractivity contribution in [3.63, 3.8) is 0 Å². The van der Waals surface area contributed by atoms with Crippen molar-refractivity contribution in [3.8, 4) is 0 Å². The Morgan fingerprint density at radius 1 is 0.310 bits per heavy atom. The van der Waals surface area contributed by atoms with E-state index in [1.807, 2.05) is 0 Å². The molecule has 0 atom stereocenters. The zero-order valence-corrected chi connectivity index (χ0v) is 15.7. The Morgan fingerprint density at radius 2 is 0.586 bits per heavy atom. The maximum Gasteiger partial charge on any atom is 0.0551 e. The Bertz CT molecular complexity index is 1620. The molecule has 29 heavy (non-hydrogen) atoms. The Balaban J connectivity index is 1.94. The van der Waals surface area contributed by atoms with Gasteiger partial charge in [0.2, 0.25) is 0 Å². The smallest absolute Gasteiger partial charge is 0.0551 e. The number of benzene rings is 6. The Morgan fingerprint density at radius 3 is 0.966 bits per heavy atom. The summed E-state index contributed by atoms with van der Waals surface area (Å²) in [6.07, 6.45) is 0. The van der Waals surface area contributed by atoms with E-state index >= 15 is 0 Å². The number of nitrogens with one attached hydrogen (secondary N) is 1. The third-order valence-electron chi connectivity index (χ3n) is 6.37. The third kappa shape index (κ3) is 1.85. The lowest BCUT2D eigenvalue weighted by atomic mass is 9.93. The fourth-order valence-corrected chi connectivity index (χ4v) is 5.19. The molecule has 1 heterocycles. The second-order valence-corrected chi connectivity index (χ2v) is 7.81. The van der Waals surface area contributed by atoms with Crippen LogP contribution in [0.3, 0.4) is 0 Å². The highest BCUT2D eigenvalue weighted by Gasteiger charge is 2.17. The van der Waals surface area contributed by atoms with Crippen molar-refractivity contribution in [1.82, 2.24) is 4.98 Å². The molecule has 6 aromatic carbocycles. The van der Waals surface area contributed by atoms with Gasteiger partial charge in [-0.1, -0.05) is 97.1 Å². The summed E-state index contributed by atoms with van der Waals surface area (Å²) in [7, 11) is 0. The lowest BCUT2D eigenvalue weighted by Gasteiger charge is -2.09. The van der Waals surface area contributed by atoms with Gasteiger partial charge in [0.25, 0.3) is 0 Å². The second kappa shape index (κ2) is 5.36. The molecule has 0 aliphatic heterocycles. The maximum atomic E-state index is 3.85. The molecule has 0 fully saturated rings. The first-order valence-corrected chi connectivity index (χ1v) is 10.1. The molecule has 0 saturated carbocycles. The van der Waals surface area contributed by atoms with Crippen molar-refractivity contribution >= 4 is 64.9 Å². The van der Waals surface area contributed by atoms with Crippen molar-refractivity contribution in [3.05, 3.63) is 97.1 Å². The highest BCUT2D eigenvalue weighted by Crippen LogP contribution is 2.44. The van der Waals surface area contributed by atoms with Crippen molar-refractivity contribution in [1.29, 1.82) is 0 Å². The molecular weight excluding hydrogens is 350 g/mol. The predicted molar refractivity (Wildman–Crippen MR) is 126 cm³/mol. The van der Waals surface area contributed by atoms with Crippen molar-refractivity contribution in [2.75, 3.05) is 0 Å². The number of fused-ring (bicyclic) bond motifs is 13. The quantitative estimate of drug-likeness (QED) is 0.262. The molecule has 0 bridgehead atoms. The van der Waals surface area contributed by atoms with Crippen LogP contribution in [0.15, 0.2) is 97.1 Å². The molecule has 1 aromatic heterocycles. The van der Waals surface area contributed by atoms with Crippen molar-refractivity contribution in [2.24, 2.45) is 0 Å². The van der Waals surface area contributed by atoms with Gasteiger partial charge in [-0.2, -0.15) is 0 Å². The average molecular weight is 367 g/mol. The molecule has 134 valence electrons. The minimum absolute atomic E-state index is 1.23. The largest absolute Gasteiger partial charge is 0.353 e. The van der Waals surface area contributed by atoms with Crippen LogP contribution in [0.25, 0.3) is 64.9 Å². The number of aromatic nitrogens is 1. The molecule has 1 nitrogen and oxygen atoms in total. The van der Waals surface area contributed by atoms with Gasteiger partial charge in [-0.05, 0) is 32.3 Å². The fourth-order valence-electron chi connectivity index (χ4n) is 5.19. The van der Waals surface area contributed by atoms with Gasteiger partial charge in [0.1, 0.15) is 0 Å². The van der Waals surface area contributed by atoms with Gasteiger partial charge < -0.3 is 4.98 Å². The number of hydrogen-bond acceptors (Lipinski definition) is 0. The molecule has 0 aliphatic rings. The van der Waals surface area contributed by atoms with Gasteiger partial charge in [0.15, 0.2) is 0 Å². The Labute approximate surface area is 167 Å². The molecule has 0 aliphatic carbocycles. The van der Waals surface area contributed by atoms with E-state index in [0.717, 1.165) is 0 Å². The van der Waals surface area contributed by atoms with E-state index in [2.05, 4.69) is 102 Å². The van der Waals surface area contributed by atoms with Crippen LogP contribution < -0.4 is 0 Å². The maximum absolute atomic E-state index is 3.85. The second-order valence-electron chi connectivity index (χ2n) is 7.81. The molecule has 7 rings (SSSR count). The Kier molecular flexibility index (Phi) is 2.80. The first kappa shape index (κ1) is 15.1. The van der Waals surface area contributed by atoms with Crippen LogP contribution in [0.4, 0.5) is 0 Å². The van der Waals surface area contributed by atoms with E-state index in [0.29, 0.717) is 0 Å². The number of rotatable bonds is 0. The fraction of sp³-hybridized carbons (Fsp3) is 0. The third-order valence-corrected chi connectivity index (χ3v) is 6.37. The molecule has 0 spiro atoms. The monoisotopic (exact) mass is 367 g/mol. The first-order chi connectivity index (χ1) is 14.4. The highest BCUT2D eigenvalue weighted by atomic mass is 14.7. The van der Waals surface area contributed by atoms with Gasteiger partial charge in [0, 0.05) is 21.5 Å². The summed E-state index contributed by atoms with van der Waals surface area (Å²) in [5.41, 5.74) is 2.46. The standard InChI is InChI=1S/C28H17N/c1-5-13-21-17(9-1)19-11-3-7-15-23(19)27-25(21)26-22-14-6-2-10-18(22)20-12-4-8-16-24(20)28(26)29-27/h1-16,29H. The van der Waals surface area contributed by atoms with Crippen LogP contribution >= 0.6 is 0 Å². The van der Waals surface area contributed by atoms with Crippen LogP contribution in [0, 0.1) is 0 Å². The van der Waals surface area contributed by atoms with Crippen molar-refractivity contribution in [2.45, 2.75) is 0 Å². The summed E-state index contributed by atoms with van der Waals surface area (Å²) >= 11 is 0. The number of hydrogen-bond donors (Lipinski definition) is 1. The lowest BCUT2D eigenvalue weighted by Crippen LogP contribution is -1.82. The van der Waals surface area contributed by atoms with Crippen LogP contribution in [-0.4, -0.2) is 4.98 Å². The SMILES string of the molecule is c1ccc2c(c1)c1ccccc1c1c2[nH]c2c3ccccc3c3ccccc3c21. The van der Waals surface area contributed by atoms with E-state index in [9.17, 15) is 0 Å². The normalized spacial score (nSPS) is 12.1. The summed E-state index contributed by atoms with van der Waals surface area (Å²) in [6, 6.07) is 35.1.